The lowest BCUT2D eigenvalue weighted by atomic mass is 10.2. The highest BCUT2D eigenvalue weighted by Gasteiger charge is 2.29. The van der Waals surface area contributed by atoms with Crippen LogP contribution in [0, 0.1) is 5.82 Å². The fraction of sp³-hybridized carbons (Fsp3) is 0.500. The number of aromatic nitrogens is 4. The number of rotatable bonds is 6. The molecule has 0 spiro atoms. The van der Waals surface area contributed by atoms with Crippen molar-refractivity contribution in [2.24, 2.45) is 0 Å². The fourth-order valence-electron chi connectivity index (χ4n) is 2.24. The van der Waals surface area contributed by atoms with E-state index in [0.29, 0.717) is 28.7 Å². The topological polar surface area (TPSA) is 55.6 Å². The second kappa shape index (κ2) is 5.38. The molecule has 4 rings (SSSR count). The quantitative estimate of drug-likeness (QED) is 0.889. The van der Waals surface area contributed by atoms with Crippen LogP contribution in [0.25, 0.3) is 0 Å². The molecule has 0 saturated heterocycles. The van der Waals surface area contributed by atoms with Crippen molar-refractivity contribution in [3.8, 4) is 0 Å². The van der Waals surface area contributed by atoms with E-state index in [1.54, 1.807) is 6.07 Å². The van der Waals surface area contributed by atoms with Gasteiger partial charge in [0.25, 0.3) is 0 Å². The second-order valence-electron chi connectivity index (χ2n) is 5.62. The lowest BCUT2D eigenvalue weighted by Crippen LogP contribution is -2.16. The van der Waals surface area contributed by atoms with Gasteiger partial charge in [-0.15, -0.1) is 5.10 Å². The molecule has 2 fully saturated rings. The minimum atomic E-state index is -0.208. The van der Waals surface area contributed by atoms with Crippen LogP contribution in [0.1, 0.15) is 37.3 Å². The number of hydrogen-bond donors (Lipinski definition) is 1. The molecular weight excluding hydrogens is 289 g/mol. The second-order valence-corrected chi connectivity index (χ2v) is 6.60. The van der Waals surface area contributed by atoms with Gasteiger partial charge in [0.2, 0.25) is 5.16 Å². The molecule has 7 heteroatoms. The van der Waals surface area contributed by atoms with Gasteiger partial charge in [-0.2, -0.15) is 0 Å². The third-order valence-corrected chi connectivity index (χ3v) is 4.87. The summed E-state index contributed by atoms with van der Waals surface area (Å²) in [5.41, 5.74) is 0.970. The van der Waals surface area contributed by atoms with Gasteiger partial charge in [0, 0.05) is 12.6 Å². The molecule has 0 bridgehead atoms. The third kappa shape index (κ3) is 2.94. The number of tetrazole rings is 1. The van der Waals surface area contributed by atoms with Gasteiger partial charge in [-0.25, -0.2) is 9.07 Å². The monoisotopic (exact) mass is 305 g/mol. The molecule has 0 amide bonds. The van der Waals surface area contributed by atoms with Crippen LogP contribution < -0.4 is 5.32 Å². The van der Waals surface area contributed by atoms with Crippen molar-refractivity contribution >= 4 is 11.8 Å². The summed E-state index contributed by atoms with van der Waals surface area (Å²) in [6.07, 6.45) is 4.65. The number of nitrogens with zero attached hydrogens (tertiary/aromatic N) is 4. The van der Waals surface area contributed by atoms with Crippen LogP contribution in [0.2, 0.25) is 0 Å². The SMILES string of the molecule is Fc1cccc(CNC2CC2)c1Sc1nnnn1C1CC1. The first-order valence-electron chi connectivity index (χ1n) is 7.28. The van der Waals surface area contributed by atoms with Gasteiger partial charge >= 0.3 is 0 Å². The van der Waals surface area contributed by atoms with E-state index in [1.807, 2.05) is 10.7 Å². The molecule has 1 aromatic heterocycles. The van der Waals surface area contributed by atoms with Crippen LogP contribution >= 0.6 is 11.8 Å². The maximum absolute atomic E-state index is 14.2. The molecule has 0 aliphatic heterocycles. The van der Waals surface area contributed by atoms with Gasteiger partial charge in [-0.05, 0) is 59.5 Å². The molecule has 2 aliphatic rings. The van der Waals surface area contributed by atoms with Crippen molar-refractivity contribution in [3.05, 3.63) is 29.6 Å². The van der Waals surface area contributed by atoms with Crippen molar-refractivity contribution < 1.29 is 4.39 Å². The van der Waals surface area contributed by atoms with Crippen LogP contribution in [0.3, 0.4) is 0 Å². The zero-order valence-electron chi connectivity index (χ0n) is 11.5. The summed E-state index contributed by atoms with van der Waals surface area (Å²) in [4.78, 5) is 0.627. The highest BCUT2D eigenvalue weighted by Crippen LogP contribution is 2.39. The maximum Gasteiger partial charge on any atom is 0.214 e. The van der Waals surface area contributed by atoms with E-state index in [4.69, 9.17) is 0 Å². The number of nitrogens with one attached hydrogen (secondary N) is 1. The van der Waals surface area contributed by atoms with Gasteiger partial charge in [0.05, 0.1) is 10.9 Å². The zero-order valence-corrected chi connectivity index (χ0v) is 12.3. The fourth-order valence-corrected chi connectivity index (χ4v) is 3.22. The summed E-state index contributed by atoms with van der Waals surface area (Å²) in [5.74, 6) is -0.208. The Labute approximate surface area is 126 Å². The average molecular weight is 305 g/mol. The predicted molar refractivity (Wildman–Crippen MR) is 76.5 cm³/mol. The molecular formula is C14H16FN5S. The Morgan fingerprint density at radius 1 is 1.29 bits per heavy atom. The summed E-state index contributed by atoms with van der Waals surface area (Å²) in [6.45, 7) is 0.690. The Morgan fingerprint density at radius 2 is 2.14 bits per heavy atom. The van der Waals surface area contributed by atoms with Crippen LogP contribution in [-0.2, 0) is 6.54 Å². The molecule has 1 aromatic carbocycles. The summed E-state index contributed by atoms with van der Waals surface area (Å²) in [5, 5.41) is 15.9. The first kappa shape index (κ1) is 13.2. The minimum absolute atomic E-state index is 0.208. The first-order valence-corrected chi connectivity index (χ1v) is 8.09. The van der Waals surface area contributed by atoms with E-state index in [2.05, 4.69) is 20.8 Å². The Kier molecular flexibility index (Phi) is 3.39. The van der Waals surface area contributed by atoms with E-state index in [0.717, 1.165) is 18.4 Å². The van der Waals surface area contributed by atoms with E-state index < -0.39 is 0 Å². The maximum atomic E-state index is 14.2. The van der Waals surface area contributed by atoms with Crippen molar-refractivity contribution in [3.63, 3.8) is 0 Å². The summed E-state index contributed by atoms with van der Waals surface area (Å²) >= 11 is 1.33. The van der Waals surface area contributed by atoms with Crippen molar-refractivity contribution in [1.29, 1.82) is 0 Å². The van der Waals surface area contributed by atoms with Gasteiger partial charge in [-0.3, -0.25) is 0 Å². The van der Waals surface area contributed by atoms with E-state index in [9.17, 15) is 4.39 Å². The van der Waals surface area contributed by atoms with Gasteiger partial charge in [0.1, 0.15) is 5.82 Å². The van der Waals surface area contributed by atoms with Gasteiger partial charge in [0.15, 0.2) is 0 Å². The molecule has 0 radical (unpaired) electrons. The zero-order chi connectivity index (χ0) is 14.2. The summed E-state index contributed by atoms with van der Waals surface area (Å²) in [7, 11) is 0. The van der Waals surface area contributed by atoms with Crippen LogP contribution in [0.15, 0.2) is 28.3 Å². The largest absolute Gasteiger partial charge is 0.310 e. The van der Waals surface area contributed by atoms with E-state index in [1.165, 1.54) is 30.7 Å². The minimum Gasteiger partial charge on any atom is -0.310 e. The molecule has 0 unspecified atom stereocenters. The Balaban J connectivity index is 1.58. The van der Waals surface area contributed by atoms with Crippen LogP contribution in [0.5, 0.6) is 0 Å². The smallest absolute Gasteiger partial charge is 0.214 e. The molecule has 2 aromatic rings. The highest BCUT2D eigenvalue weighted by molar-refractivity contribution is 7.99. The molecule has 21 heavy (non-hydrogen) atoms. The Morgan fingerprint density at radius 3 is 2.90 bits per heavy atom. The van der Waals surface area contributed by atoms with Crippen molar-refractivity contribution in [2.75, 3.05) is 0 Å². The summed E-state index contributed by atoms with van der Waals surface area (Å²) < 4.78 is 16.0. The lowest BCUT2D eigenvalue weighted by Gasteiger charge is -2.10. The number of hydrogen-bond acceptors (Lipinski definition) is 5. The lowest BCUT2D eigenvalue weighted by molar-refractivity contribution is 0.562. The molecule has 1 heterocycles. The average Bonchev–Trinajstić information content (AvgIpc) is 3.40. The summed E-state index contributed by atoms with van der Waals surface area (Å²) in [6, 6.07) is 6.21. The van der Waals surface area contributed by atoms with Crippen LogP contribution in [0.4, 0.5) is 4.39 Å². The normalized spacial score (nSPS) is 18.1. The Bertz CT molecular complexity index is 651. The Hall–Kier alpha value is -1.47. The molecule has 2 aliphatic carbocycles. The number of halogens is 1. The first-order chi connectivity index (χ1) is 10.3. The molecule has 5 nitrogen and oxygen atoms in total. The van der Waals surface area contributed by atoms with Gasteiger partial charge in [-0.1, -0.05) is 12.1 Å². The van der Waals surface area contributed by atoms with E-state index in [-0.39, 0.29) is 5.82 Å². The molecule has 110 valence electrons. The highest BCUT2D eigenvalue weighted by atomic mass is 32.2. The molecule has 2 saturated carbocycles. The number of benzene rings is 1. The predicted octanol–water partition coefficient (Wildman–Crippen LogP) is 2.55. The van der Waals surface area contributed by atoms with Crippen molar-refractivity contribution in [2.45, 2.75) is 54.4 Å². The standard InChI is InChI=1S/C14H16FN5S/c15-12-3-1-2-9(8-16-10-4-5-10)13(12)21-14-17-18-19-20(14)11-6-7-11/h1-3,10-11,16H,4-8H2. The molecule has 0 atom stereocenters. The van der Waals surface area contributed by atoms with Gasteiger partial charge < -0.3 is 5.32 Å². The molecule has 1 N–H and O–H groups in total. The van der Waals surface area contributed by atoms with Crippen LogP contribution in [-0.4, -0.2) is 26.2 Å². The third-order valence-electron chi connectivity index (χ3n) is 3.76. The van der Waals surface area contributed by atoms with E-state index >= 15 is 0 Å². The van der Waals surface area contributed by atoms with Crippen molar-refractivity contribution in [1.82, 2.24) is 25.5 Å².